The van der Waals surface area contributed by atoms with Gasteiger partial charge in [0.05, 0.1) is 5.56 Å². The molecular formula is C13H14F2N2O4. The number of rotatable bonds is 4. The Kier molecular flexibility index (Phi) is 5.34. The van der Waals surface area contributed by atoms with Crippen LogP contribution in [0.25, 0.3) is 0 Å². The first kappa shape index (κ1) is 16.5. The molecule has 1 aromatic carbocycles. The first-order valence-electron chi connectivity index (χ1n) is 5.98. The highest BCUT2D eigenvalue weighted by molar-refractivity contribution is 5.98. The lowest BCUT2D eigenvalue weighted by Gasteiger charge is -2.19. The number of imide groups is 1. The quantitative estimate of drug-likeness (QED) is 0.820. The summed E-state index contributed by atoms with van der Waals surface area (Å²) < 4.78 is 31.1. The number of hydrogen-bond acceptors (Lipinski definition) is 4. The van der Waals surface area contributed by atoms with E-state index in [1.54, 1.807) is 19.2 Å². The van der Waals surface area contributed by atoms with Crippen molar-refractivity contribution in [3.05, 3.63) is 35.4 Å². The summed E-state index contributed by atoms with van der Waals surface area (Å²) in [5, 5.41) is 1.77. The van der Waals surface area contributed by atoms with Gasteiger partial charge in [0.2, 0.25) is 0 Å². The van der Waals surface area contributed by atoms with E-state index in [-0.39, 0.29) is 0 Å². The van der Waals surface area contributed by atoms with Gasteiger partial charge in [0.25, 0.3) is 5.91 Å². The number of benzene rings is 1. The van der Waals surface area contributed by atoms with Crippen molar-refractivity contribution in [1.82, 2.24) is 5.32 Å². The minimum Gasteiger partial charge on any atom is -0.448 e. The number of hydrogen-bond donors (Lipinski definition) is 2. The Labute approximate surface area is 119 Å². The van der Waals surface area contributed by atoms with E-state index in [2.05, 4.69) is 0 Å². The second kappa shape index (κ2) is 6.78. The summed E-state index contributed by atoms with van der Waals surface area (Å²) in [4.78, 5) is 34.1. The standard InChI is InChI=1S/C13H14F2N2O4/c1-6(2)10(11(18)17-13(16)20)21-12(19)8-4-3-7(14)5-9(8)15/h3-6,10H,1-2H3,(H3,16,17,18,20)/t10-/m1/s1. The molecule has 0 aromatic heterocycles. The van der Waals surface area contributed by atoms with Crippen molar-refractivity contribution in [1.29, 1.82) is 0 Å². The Morgan fingerprint density at radius 1 is 1.24 bits per heavy atom. The van der Waals surface area contributed by atoms with Gasteiger partial charge in [-0.25, -0.2) is 18.4 Å². The van der Waals surface area contributed by atoms with Crippen LogP contribution in [0.4, 0.5) is 13.6 Å². The van der Waals surface area contributed by atoms with Crippen molar-refractivity contribution in [2.45, 2.75) is 20.0 Å². The fourth-order valence-electron chi connectivity index (χ4n) is 1.52. The molecule has 0 radical (unpaired) electrons. The molecule has 0 bridgehead atoms. The Bertz CT molecular complexity index is 575. The molecule has 0 saturated heterocycles. The van der Waals surface area contributed by atoms with Crippen LogP contribution < -0.4 is 11.1 Å². The van der Waals surface area contributed by atoms with E-state index in [0.29, 0.717) is 6.07 Å². The average Bonchev–Trinajstić information content (AvgIpc) is 2.34. The monoisotopic (exact) mass is 300 g/mol. The number of carbonyl (C=O) groups excluding carboxylic acids is 3. The van der Waals surface area contributed by atoms with Crippen molar-refractivity contribution < 1.29 is 27.9 Å². The summed E-state index contributed by atoms with van der Waals surface area (Å²) in [5.74, 6) is -4.52. The zero-order chi connectivity index (χ0) is 16.2. The van der Waals surface area contributed by atoms with Gasteiger partial charge in [-0.1, -0.05) is 13.8 Å². The van der Waals surface area contributed by atoms with Crippen LogP contribution in [0.5, 0.6) is 0 Å². The van der Waals surface area contributed by atoms with Gasteiger partial charge in [-0.15, -0.1) is 0 Å². The first-order chi connectivity index (χ1) is 9.72. The number of nitrogens with two attached hydrogens (primary N) is 1. The van der Waals surface area contributed by atoms with Crippen LogP contribution in [0, 0.1) is 17.6 Å². The smallest absolute Gasteiger partial charge is 0.341 e. The summed E-state index contributed by atoms with van der Waals surface area (Å²) in [5.41, 5.74) is 4.28. The van der Waals surface area contributed by atoms with Crippen molar-refractivity contribution in [2.24, 2.45) is 11.7 Å². The Hall–Kier alpha value is -2.51. The lowest BCUT2D eigenvalue weighted by molar-refractivity contribution is -0.130. The minimum absolute atomic E-state index is 0.489. The molecule has 3 N–H and O–H groups in total. The van der Waals surface area contributed by atoms with Gasteiger partial charge in [0, 0.05) is 6.07 Å². The predicted octanol–water partition coefficient (Wildman–Crippen LogP) is 1.34. The Morgan fingerprint density at radius 3 is 2.33 bits per heavy atom. The summed E-state index contributed by atoms with van der Waals surface area (Å²) in [6.07, 6.45) is -1.34. The fraction of sp³-hybridized carbons (Fsp3) is 0.308. The van der Waals surface area contributed by atoms with E-state index in [0.717, 1.165) is 12.1 Å². The highest BCUT2D eigenvalue weighted by Gasteiger charge is 2.28. The third-order valence-electron chi connectivity index (χ3n) is 2.50. The second-order valence-electron chi connectivity index (χ2n) is 4.55. The maximum Gasteiger partial charge on any atom is 0.341 e. The summed E-state index contributed by atoms with van der Waals surface area (Å²) >= 11 is 0. The maximum absolute atomic E-state index is 13.4. The number of primary amides is 1. The molecule has 6 nitrogen and oxygen atoms in total. The zero-order valence-corrected chi connectivity index (χ0v) is 11.4. The Morgan fingerprint density at radius 2 is 1.86 bits per heavy atom. The molecule has 8 heteroatoms. The number of halogens is 2. The highest BCUT2D eigenvalue weighted by Crippen LogP contribution is 2.15. The number of carbonyl (C=O) groups is 3. The first-order valence-corrected chi connectivity index (χ1v) is 5.98. The molecule has 3 amide bonds. The average molecular weight is 300 g/mol. The molecule has 0 unspecified atom stereocenters. The molecule has 1 atom stereocenters. The van der Waals surface area contributed by atoms with Gasteiger partial charge >= 0.3 is 12.0 Å². The van der Waals surface area contributed by atoms with Gasteiger partial charge in [-0.05, 0) is 18.1 Å². The zero-order valence-electron chi connectivity index (χ0n) is 11.4. The van der Waals surface area contributed by atoms with Gasteiger partial charge < -0.3 is 10.5 Å². The van der Waals surface area contributed by atoms with Crippen molar-refractivity contribution >= 4 is 17.9 Å². The molecule has 0 heterocycles. The van der Waals surface area contributed by atoms with Crippen molar-refractivity contribution in [3.63, 3.8) is 0 Å². The minimum atomic E-state index is -1.34. The van der Waals surface area contributed by atoms with E-state index < -0.39 is 47.1 Å². The second-order valence-corrected chi connectivity index (χ2v) is 4.55. The molecule has 114 valence electrons. The molecule has 0 fully saturated rings. The number of urea groups is 1. The molecule has 0 aliphatic heterocycles. The summed E-state index contributed by atoms with van der Waals surface area (Å²) in [6.45, 7) is 3.11. The Balaban J connectivity index is 2.91. The van der Waals surface area contributed by atoms with Crippen LogP contribution in [-0.2, 0) is 9.53 Å². The van der Waals surface area contributed by atoms with Gasteiger partial charge in [0.15, 0.2) is 6.10 Å². The van der Waals surface area contributed by atoms with Crippen LogP contribution in [0.2, 0.25) is 0 Å². The molecular weight excluding hydrogens is 286 g/mol. The van der Waals surface area contributed by atoms with Gasteiger partial charge in [-0.3, -0.25) is 10.1 Å². The SMILES string of the molecule is CC(C)[C@@H](OC(=O)c1ccc(F)cc1F)C(=O)NC(N)=O. The fourth-order valence-corrected chi connectivity index (χ4v) is 1.52. The summed E-state index contributed by atoms with van der Waals surface area (Å²) in [7, 11) is 0. The maximum atomic E-state index is 13.4. The van der Waals surface area contributed by atoms with E-state index in [1.807, 2.05) is 0 Å². The molecule has 1 aromatic rings. The number of ether oxygens (including phenoxy) is 1. The topological polar surface area (TPSA) is 98.5 Å². The van der Waals surface area contributed by atoms with E-state index in [4.69, 9.17) is 10.5 Å². The van der Waals surface area contributed by atoms with E-state index in [9.17, 15) is 23.2 Å². The summed E-state index contributed by atoms with van der Waals surface area (Å²) in [6, 6.07) is 1.20. The van der Waals surface area contributed by atoms with Gasteiger partial charge in [0.1, 0.15) is 11.6 Å². The van der Waals surface area contributed by atoms with Crippen molar-refractivity contribution in [2.75, 3.05) is 0 Å². The van der Waals surface area contributed by atoms with Crippen molar-refractivity contribution in [3.8, 4) is 0 Å². The predicted molar refractivity (Wildman–Crippen MR) is 68.1 cm³/mol. The third-order valence-corrected chi connectivity index (χ3v) is 2.50. The lowest BCUT2D eigenvalue weighted by atomic mass is 10.1. The van der Waals surface area contributed by atoms with Crippen LogP contribution in [0.3, 0.4) is 0 Å². The third kappa shape index (κ3) is 4.51. The number of amides is 3. The van der Waals surface area contributed by atoms with Gasteiger partial charge in [-0.2, -0.15) is 0 Å². The van der Waals surface area contributed by atoms with Crippen LogP contribution in [-0.4, -0.2) is 24.0 Å². The van der Waals surface area contributed by atoms with Crippen LogP contribution in [0.15, 0.2) is 18.2 Å². The number of nitrogens with one attached hydrogen (secondary N) is 1. The normalized spacial score (nSPS) is 11.9. The van der Waals surface area contributed by atoms with E-state index >= 15 is 0 Å². The lowest BCUT2D eigenvalue weighted by Crippen LogP contribution is -2.45. The molecule has 0 spiro atoms. The molecule has 0 aliphatic rings. The largest absolute Gasteiger partial charge is 0.448 e. The number of esters is 1. The van der Waals surface area contributed by atoms with Crippen LogP contribution >= 0.6 is 0 Å². The molecule has 0 aliphatic carbocycles. The van der Waals surface area contributed by atoms with Crippen LogP contribution in [0.1, 0.15) is 24.2 Å². The molecule has 21 heavy (non-hydrogen) atoms. The van der Waals surface area contributed by atoms with E-state index in [1.165, 1.54) is 0 Å². The molecule has 0 saturated carbocycles. The molecule has 1 rings (SSSR count). The highest BCUT2D eigenvalue weighted by atomic mass is 19.1.